The van der Waals surface area contributed by atoms with Gasteiger partial charge in [-0.2, -0.15) is 0 Å². The maximum Gasteiger partial charge on any atom is 0.347 e. The highest BCUT2D eigenvalue weighted by atomic mass is 32.2. The van der Waals surface area contributed by atoms with Crippen LogP contribution >= 0.6 is 11.3 Å². The van der Waals surface area contributed by atoms with Crippen molar-refractivity contribution in [2.24, 2.45) is 0 Å². The standard InChI is InChI=1S/C12H12N2O4S2/c1-8-2-4-13-6-9(8)7-14-20(17,18)10-3-5-19-11(10)12(15)16/h2-6,14H,7H2,1H3,(H,15,16). The Bertz CT molecular complexity index is 737. The summed E-state index contributed by atoms with van der Waals surface area (Å²) in [7, 11) is -3.86. The van der Waals surface area contributed by atoms with Crippen LogP contribution in [0.1, 0.15) is 20.8 Å². The predicted molar refractivity (Wildman–Crippen MR) is 74.3 cm³/mol. The number of carboxylic acid groups (broad SMARTS) is 1. The first-order valence-electron chi connectivity index (χ1n) is 5.62. The van der Waals surface area contributed by atoms with Gasteiger partial charge in [-0.1, -0.05) is 0 Å². The highest BCUT2D eigenvalue weighted by Gasteiger charge is 2.23. The second kappa shape index (κ2) is 5.70. The van der Waals surface area contributed by atoms with Gasteiger partial charge in [0.05, 0.1) is 0 Å². The normalized spacial score (nSPS) is 11.4. The van der Waals surface area contributed by atoms with Crippen LogP contribution in [-0.2, 0) is 16.6 Å². The summed E-state index contributed by atoms with van der Waals surface area (Å²) in [5, 5.41) is 10.4. The average molecular weight is 312 g/mol. The van der Waals surface area contributed by atoms with Crippen molar-refractivity contribution < 1.29 is 18.3 Å². The van der Waals surface area contributed by atoms with Crippen LogP contribution in [0.3, 0.4) is 0 Å². The molecule has 6 nitrogen and oxygen atoms in total. The van der Waals surface area contributed by atoms with E-state index in [1.807, 2.05) is 6.92 Å². The molecule has 0 spiro atoms. The Morgan fingerprint density at radius 2 is 2.20 bits per heavy atom. The van der Waals surface area contributed by atoms with E-state index in [1.165, 1.54) is 11.4 Å². The van der Waals surface area contributed by atoms with Gasteiger partial charge in [0.1, 0.15) is 9.77 Å². The molecule has 0 bridgehead atoms. The maximum absolute atomic E-state index is 12.1. The fraction of sp³-hybridized carbons (Fsp3) is 0.167. The lowest BCUT2D eigenvalue weighted by Gasteiger charge is -2.08. The molecule has 0 radical (unpaired) electrons. The summed E-state index contributed by atoms with van der Waals surface area (Å²) >= 11 is 0.878. The fourth-order valence-corrected chi connectivity index (χ4v) is 3.86. The molecule has 0 unspecified atom stereocenters. The van der Waals surface area contributed by atoms with Crippen molar-refractivity contribution in [1.82, 2.24) is 9.71 Å². The van der Waals surface area contributed by atoms with Crippen LogP contribution in [0.5, 0.6) is 0 Å². The zero-order valence-corrected chi connectivity index (χ0v) is 12.2. The number of aromatic nitrogens is 1. The van der Waals surface area contributed by atoms with Gasteiger partial charge in [-0.25, -0.2) is 17.9 Å². The molecule has 0 aliphatic rings. The Morgan fingerprint density at radius 1 is 1.45 bits per heavy atom. The second-order valence-electron chi connectivity index (χ2n) is 4.05. The zero-order chi connectivity index (χ0) is 14.8. The summed E-state index contributed by atoms with van der Waals surface area (Å²) < 4.78 is 26.6. The molecule has 106 valence electrons. The summed E-state index contributed by atoms with van der Waals surface area (Å²) in [6, 6.07) is 3.06. The second-order valence-corrected chi connectivity index (χ2v) is 6.70. The third kappa shape index (κ3) is 3.03. The first kappa shape index (κ1) is 14.6. The molecule has 0 aliphatic heterocycles. The Labute approximate surface area is 120 Å². The van der Waals surface area contributed by atoms with Gasteiger partial charge in [0.15, 0.2) is 0 Å². The van der Waals surface area contributed by atoms with E-state index in [1.54, 1.807) is 18.5 Å². The van der Waals surface area contributed by atoms with Gasteiger partial charge in [-0.3, -0.25) is 4.98 Å². The molecule has 0 aromatic carbocycles. The highest BCUT2D eigenvalue weighted by Crippen LogP contribution is 2.22. The van der Waals surface area contributed by atoms with Gasteiger partial charge in [0.25, 0.3) is 0 Å². The molecule has 0 fully saturated rings. The number of thiophene rings is 1. The highest BCUT2D eigenvalue weighted by molar-refractivity contribution is 7.89. The minimum atomic E-state index is -3.86. The summed E-state index contributed by atoms with van der Waals surface area (Å²) in [4.78, 5) is 14.5. The number of carboxylic acids is 1. The van der Waals surface area contributed by atoms with Gasteiger partial charge in [-0.05, 0) is 35.6 Å². The molecule has 20 heavy (non-hydrogen) atoms. The zero-order valence-electron chi connectivity index (χ0n) is 10.5. The largest absolute Gasteiger partial charge is 0.477 e. The average Bonchev–Trinajstić information content (AvgIpc) is 2.88. The fourth-order valence-electron chi connectivity index (χ4n) is 1.60. The molecule has 2 rings (SSSR count). The van der Waals surface area contributed by atoms with E-state index in [0.29, 0.717) is 0 Å². The van der Waals surface area contributed by atoms with Crippen LogP contribution in [0.4, 0.5) is 0 Å². The lowest BCUT2D eigenvalue weighted by molar-refractivity contribution is 0.0698. The van der Waals surface area contributed by atoms with Crippen molar-refractivity contribution >= 4 is 27.3 Å². The minimum Gasteiger partial charge on any atom is -0.477 e. The number of nitrogens with zero attached hydrogens (tertiary/aromatic N) is 1. The van der Waals surface area contributed by atoms with E-state index in [4.69, 9.17) is 5.11 Å². The van der Waals surface area contributed by atoms with Crippen molar-refractivity contribution in [2.45, 2.75) is 18.4 Å². The van der Waals surface area contributed by atoms with Crippen molar-refractivity contribution in [2.75, 3.05) is 0 Å². The van der Waals surface area contributed by atoms with Gasteiger partial charge < -0.3 is 5.11 Å². The molecule has 2 heterocycles. The third-order valence-electron chi connectivity index (χ3n) is 2.71. The van der Waals surface area contributed by atoms with Crippen LogP contribution in [0.25, 0.3) is 0 Å². The molecule has 2 N–H and O–H groups in total. The van der Waals surface area contributed by atoms with Crippen molar-refractivity contribution in [3.8, 4) is 0 Å². The monoisotopic (exact) mass is 312 g/mol. The molecule has 0 atom stereocenters. The van der Waals surface area contributed by atoms with Crippen LogP contribution < -0.4 is 4.72 Å². The van der Waals surface area contributed by atoms with Gasteiger partial charge in [-0.15, -0.1) is 11.3 Å². The summed E-state index contributed by atoms with van der Waals surface area (Å²) in [6.07, 6.45) is 3.19. The number of carbonyl (C=O) groups is 1. The first-order chi connectivity index (χ1) is 9.42. The van der Waals surface area contributed by atoms with Gasteiger partial charge in [0, 0.05) is 18.9 Å². The van der Waals surface area contributed by atoms with Crippen molar-refractivity contribution in [3.05, 3.63) is 45.9 Å². The molecular weight excluding hydrogens is 300 g/mol. The number of nitrogens with one attached hydrogen (secondary N) is 1. The van der Waals surface area contributed by atoms with E-state index in [2.05, 4.69) is 9.71 Å². The summed E-state index contributed by atoms with van der Waals surface area (Å²) in [6.45, 7) is 1.91. The van der Waals surface area contributed by atoms with E-state index in [9.17, 15) is 13.2 Å². The van der Waals surface area contributed by atoms with Crippen LogP contribution in [-0.4, -0.2) is 24.5 Å². The van der Waals surface area contributed by atoms with E-state index in [-0.39, 0.29) is 16.3 Å². The molecule has 0 saturated carbocycles. The smallest absolute Gasteiger partial charge is 0.347 e. The Morgan fingerprint density at radius 3 is 2.85 bits per heavy atom. The van der Waals surface area contributed by atoms with Crippen LogP contribution in [0.2, 0.25) is 0 Å². The Hall–Kier alpha value is -1.77. The molecule has 2 aromatic heterocycles. The Kier molecular flexibility index (Phi) is 4.17. The Balaban J connectivity index is 2.22. The molecular formula is C12H12N2O4S2. The third-order valence-corrected chi connectivity index (χ3v) is 5.19. The lowest BCUT2D eigenvalue weighted by Crippen LogP contribution is -2.24. The molecule has 8 heteroatoms. The van der Waals surface area contributed by atoms with Crippen molar-refractivity contribution in [1.29, 1.82) is 0 Å². The van der Waals surface area contributed by atoms with Crippen molar-refractivity contribution in [3.63, 3.8) is 0 Å². The van der Waals surface area contributed by atoms with E-state index < -0.39 is 16.0 Å². The number of rotatable bonds is 5. The first-order valence-corrected chi connectivity index (χ1v) is 7.98. The summed E-state index contributed by atoms with van der Waals surface area (Å²) in [5.74, 6) is -1.25. The van der Waals surface area contributed by atoms with E-state index in [0.717, 1.165) is 22.5 Å². The lowest BCUT2D eigenvalue weighted by atomic mass is 10.2. The van der Waals surface area contributed by atoms with Crippen LogP contribution in [0, 0.1) is 6.92 Å². The molecule has 0 amide bonds. The number of aromatic carboxylic acids is 1. The van der Waals surface area contributed by atoms with E-state index >= 15 is 0 Å². The number of hydrogen-bond donors (Lipinski definition) is 2. The number of sulfonamides is 1. The number of aryl methyl sites for hydroxylation is 1. The number of hydrogen-bond acceptors (Lipinski definition) is 5. The maximum atomic E-state index is 12.1. The van der Waals surface area contributed by atoms with Gasteiger partial charge >= 0.3 is 5.97 Å². The molecule has 0 saturated heterocycles. The summed E-state index contributed by atoms with van der Waals surface area (Å²) in [5.41, 5.74) is 1.65. The topological polar surface area (TPSA) is 96.4 Å². The molecule has 2 aromatic rings. The van der Waals surface area contributed by atoms with Crippen LogP contribution in [0.15, 0.2) is 34.8 Å². The predicted octanol–water partition coefficient (Wildman–Crippen LogP) is 1.63. The minimum absolute atomic E-state index is 0.0664. The van der Waals surface area contributed by atoms with Gasteiger partial charge in [0.2, 0.25) is 10.0 Å². The quantitative estimate of drug-likeness (QED) is 0.874. The number of pyridine rings is 1. The SMILES string of the molecule is Cc1ccncc1CNS(=O)(=O)c1ccsc1C(=O)O. The molecule has 0 aliphatic carbocycles.